The summed E-state index contributed by atoms with van der Waals surface area (Å²) in [6, 6.07) is 12.9. The van der Waals surface area contributed by atoms with Crippen LogP contribution >= 0.6 is 0 Å². The fraction of sp³-hybridized carbons (Fsp3) is 0.158. The number of hydrogen-bond donors (Lipinski definition) is 1. The van der Waals surface area contributed by atoms with Gasteiger partial charge in [-0.1, -0.05) is 35.9 Å². The molecule has 24 heavy (non-hydrogen) atoms. The summed E-state index contributed by atoms with van der Waals surface area (Å²) in [6.07, 6.45) is 1.61. The lowest BCUT2D eigenvalue weighted by Gasteiger charge is -2.05. The number of rotatable bonds is 5. The van der Waals surface area contributed by atoms with Crippen LogP contribution in [0.25, 0.3) is 11.1 Å². The van der Waals surface area contributed by atoms with E-state index in [2.05, 4.69) is 11.9 Å². The molecular formula is C19H18N2O3. The molecule has 0 saturated carbocycles. The highest BCUT2D eigenvalue weighted by Gasteiger charge is 2.13. The van der Waals surface area contributed by atoms with Gasteiger partial charge in [-0.15, -0.1) is 6.58 Å². The Kier molecular flexibility index (Phi) is 4.33. The first-order chi connectivity index (χ1) is 11.6. The minimum Gasteiger partial charge on any atom is -0.408 e. The van der Waals surface area contributed by atoms with E-state index in [1.165, 1.54) is 4.57 Å². The molecule has 0 radical (unpaired) electrons. The second-order valence-electron chi connectivity index (χ2n) is 5.62. The molecule has 1 heterocycles. The van der Waals surface area contributed by atoms with Crippen molar-refractivity contribution < 1.29 is 9.21 Å². The first kappa shape index (κ1) is 15.8. The van der Waals surface area contributed by atoms with Crippen LogP contribution in [-0.4, -0.2) is 17.0 Å². The van der Waals surface area contributed by atoms with Crippen molar-refractivity contribution >= 4 is 17.0 Å². The predicted octanol–water partition coefficient (Wildman–Crippen LogP) is 2.87. The van der Waals surface area contributed by atoms with Crippen molar-refractivity contribution in [3.8, 4) is 0 Å². The molecule has 0 saturated heterocycles. The van der Waals surface area contributed by atoms with Gasteiger partial charge >= 0.3 is 5.76 Å². The molecule has 3 aromatic rings. The van der Waals surface area contributed by atoms with E-state index in [0.717, 1.165) is 11.1 Å². The molecule has 3 rings (SSSR count). The van der Waals surface area contributed by atoms with Crippen molar-refractivity contribution in [1.29, 1.82) is 0 Å². The number of hydrogen-bond acceptors (Lipinski definition) is 3. The molecule has 0 fully saturated rings. The van der Waals surface area contributed by atoms with Gasteiger partial charge in [0, 0.05) is 12.1 Å². The molecule has 5 heteroatoms. The zero-order valence-electron chi connectivity index (χ0n) is 13.4. The van der Waals surface area contributed by atoms with Gasteiger partial charge < -0.3 is 9.73 Å². The molecule has 5 nitrogen and oxygen atoms in total. The van der Waals surface area contributed by atoms with Gasteiger partial charge in [-0.25, -0.2) is 4.79 Å². The van der Waals surface area contributed by atoms with E-state index in [4.69, 9.17) is 4.42 Å². The molecule has 0 bridgehead atoms. The Bertz CT molecular complexity index is 949. The zero-order valence-corrected chi connectivity index (χ0v) is 13.4. The first-order valence-electron chi connectivity index (χ1n) is 7.66. The maximum absolute atomic E-state index is 12.1. The third-order valence-electron chi connectivity index (χ3n) is 3.80. The normalized spacial score (nSPS) is 10.7. The lowest BCUT2D eigenvalue weighted by atomic mass is 10.1. The Morgan fingerprint density at radius 3 is 2.71 bits per heavy atom. The number of carbonyl (C=O) groups excluding carboxylic acids is 1. The van der Waals surface area contributed by atoms with Gasteiger partial charge in [-0.05, 0) is 30.7 Å². The van der Waals surface area contributed by atoms with Crippen molar-refractivity contribution in [1.82, 2.24) is 9.88 Å². The van der Waals surface area contributed by atoms with Gasteiger partial charge in [-0.2, -0.15) is 0 Å². The van der Waals surface area contributed by atoms with Crippen LogP contribution < -0.4 is 11.1 Å². The predicted molar refractivity (Wildman–Crippen MR) is 93.3 cm³/mol. The van der Waals surface area contributed by atoms with Gasteiger partial charge in [-0.3, -0.25) is 9.36 Å². The van der Waals surface area contributed by atoms with Crippen molar-refractivity contribution in [2.75, 3.05) is 6.54 Å². The summed E-state index contributed by atoms with van der Waals surface area (Å²) < 4.78 is 6.80. The molecule has 1 amide bonds. The molecule has 0 aliphatic heterocycles. The van der Waals surface area contributed by atoms with Crippen LogP contribution in [0.15, 0.2) is 64.3 Å². The summed E-state index contributed by atoms with van der Waals surface area (Å²) in [5, 5.41) is 2.72. The number of aryl methyl sites for hydroxylation is 1. The molecule has 0 aliphatic rings. The lowest BCUT2D eigenvalue weighted by molar-refractivity contribution is 0.0958. The van der Waals surface area contributed by atoms with E-state index in [0.29, 0.717) is 29.8 Å². The minimum absolute atomic E-state index is 0.215. The average molecular weight is 322 g/mol. The SMILES string of the molecule is C=CCNC(=O)c1ccc2oc(=O)n(Cc3ccc(C)cc3)c2c1. The van der Waals surface area contributed by atoms with Crippen molar-refractivity contribution in [3.63, 3.8) is 0 Å². The maximum atomic E-state index is 12.1. The summed E-state index contributed by atoms with van der Waals surface area (Å²) >= 11 is 0. The fourth-order valence-corrected chi connectivity index (χ4v) is 2.50. The zero-order chi connectivity index (χ0) is 17.1. The van der Waals surface area contributed by atoms with Crippen LogP contribution in [0.2, 0.25) is 0 Å². The number of benzene rings is 2. The number of nitrogens with one attached hydrogen (secondary N) is 1. The lowest BCUT2D eigenvalue weighted by Crippen LogP contribution is -2.23. The Morgan fingerprint density at radius 1 is 1.25 bits per heavy atom. The van der Waals surface area contributed by atoms with Crippen LogP contribution in [0.1, 0.15) is 21.5 Å². The molecule has 0 atom stereocenters. The number of fused-ring (bicyclic) bond motifs is 1. The third-order valence-corrected chi connectivity index (χ3v) is 3.80. The monoisotopic (exact) mass is 322 g/mol. The van der Waals surface area contributed by atoms with Crippen LogP contribution in [0.4, 0.5) is 0 Å². The van der Waals surface area contributed by atoms with E-state index in [1.54, 1.807) is 24.3 Å². The van der Waals surface area contributed by atoms with Crippen LogP contribution in [0.3, 0.4) is 0 Å². The van der Waals surface area contributed by atoms with Gasteiger partial charge in [0.25, 0.3) is 5.91 Å². The first-order valence-corrected chi connectivity index (χ1v) is 7.66. The molecule has 0 aliphatic carbocycles. The topological polar surface area (TPSA) is 64.2 Å². The summed E-state index contributed by atoms with van der Waals surface area (Å²) in [4.78, 5) is 24.2. The number of carbonyl (C=O) groups is 1. The van der Waals surface area contributed by atoms with Gasteiger partial charge in [0.05, 0.1) is 12.1 Å². The Morgan fingerprint density at radius 2 is 2.00 bits per heavy atom. The molecule has 1 aromatic heterocycles. The molecule has 0 unspecified atom stereocenters. The highest BCUT2D eigenvalue weighted by Crippen LogP contribution is 2.17. The quantitative estimate of drug-likeness (QED) is 0.735. The average Bonchev–Trinajstić information content (AvgIpc) is 2.89. The van der Waals surface area contributed by atoms with Crippen LogP contribution in [-0.2, 0) is 6.54 Å². The van der Waals surface area contributed by atoms with Gasteiger partial charge in [0.1, 0.15) is 0 Å². The minimum atomic E-state index is -0.436. The molecule has 0 spiro atoms. The van der Waals surface area contributed by atoms with Crippen molar-refractivity contribution in [3.05, 3.63) is 82.4 Å². The largest absolute Gasteiger partial charge is 0.420 e. The molecular weight excluding hydrogens is 304 g/mol. The van der Waals surface area contributed by atoms with Gasteiger partial charge in [0.2, 0.25) is 0 Å². The second-order valence-corrected chi connectivity index (χ2v) is 5.62. The van der Waals surface area contributed by atoms with E-state index >= 15 is 0 Å². The van der Waals surface area contributed by atoms with E-state index in [1.807, 2.05) is 31.2 Å². The summed E-state index contributed by atoms with van der Waals surface area (Å²) in [7, 11) is 0. The number of nitrogens with zero attached hydrogens (tertiary/aromatic N) is 1. The van der Waals surface area contributed by atoms with Gasteiger partial charge in [0.15, 0.2) is 5.58 Å². The Labute approximate surface area is 139 Å². The Balaban J connectivity index is 1.99. The molecule has 1 N–H and O–H groups in total. The Hall–Kier alpha value is -3.08. The van der Waals surface area contributed by atoms with E-state index in [-0.39, 0.29) is 5.91 Å². The van der Waals surface area contributed by atoms with Crippen molar-refractivity contribution in [2.24, 2.45) is 0 Å². The van der Waals surface area contributed by atoms with Crippen LogP contribution in [0.5, 0.6) is 0 Å². The summed E-state index contributed by atoms with van der Waals surface area (Å²) in [5.74, 6) is -0.651. The van der Waals surface area contributed by atoms with Crippen LogP contribution in [0, 0.1) is 6.92 Å². The maximum Gasteiger partial charge on any atom is 0.420 e. The number of aromatic nitrogens is 1. The molecule has 2 aromatic carbocycles. The number of oxazole rings is 1. The smallest absolute Gasteiger partial charge is 0.408 e. The number of amides is 1. The standard InChI is InChI=1S/C19H18N2O3/c1-3-10-20-18(22)15-8-9-17-16(11-15)21(19(23)24-17)12-14-6-4-13(2)5-7-14/h3-9,11H,1,10,12H2,2H3,(H,20,22). The van der Waals surface area contributed by atoms with E-state index in [9.17, 15) is 9.59 Å². The van der Waals surface area contributed by atoms with Crippen molar-refractivity contribution in [2.45, 2.75) is 13.5 Å². The summed E-state index contributed by atoms with van der Waals surface area (Å²) in [6.45, 7) is 6.36. The third kappa shape index (κ3) is 3.15. The summed E-state index contributed by atoms with van der Waals surface area (Å²) in [5.41, 5.74) is 3.69. The van der Waals surface area contributed by atoms with E-state index < -0.39 is 5.76 Å². The fourth-order valence-electron chi connectivity index (χ4n) is 2.50. The highest BCUT2D eigenvalue weighted by molar-refractivity contribution is 5.97. The molecule has 122 valence electrons. The highest BCUT2D eigenvalue weighted by atomic mass is 16.4. The second kappa shape index (κ2) is 6.58.